The van der Waals surface area contributed by atoms with E-state index in [9.17, 15) is 5.11 Å². The van der Waals surface area contributed by atoms with E-state index in [2.05, 4.69) is 18.8 Å². The van der Waals surface area contributed by atoms with Gasteiger partial charge in [-0.2, -0.15) is 0 Å². The second-order valence-electron chi connectivity index (χ2n) is 3.77. The van der Waals surface area contributed by atoms with Crippen LogP contribution in [0.3, 0.4) is 0 Å². The van der Waals surface area contributed by atoms with Gasteiger partial charge in [0, 0.05) is 17.8 Å². The van der Waals surface area contributed by atoms with Gasteiger partial charge in [0.15, 0.2) is 0 Å². The Morgan fingerprint density at radius 2 is 2.08 bits per heavy atom. The monoisotopic (exact) mass is 179 g/mol. The molecular weight excluding hydrogens is 162 g/mol. The molecule has 0 amide bonds. The third-order valence-electron chi connectivity index (χ3n) is 2.36. The maximum absolute atomic E-state index is 9.19. The van der Waals surface area contributed by atoms with Crippen LogP contribution in [0.1, 0.15) is 31.0 Å². The van der Waals surface area contributed by atoms with Crippen molar-refractivity contribution in [3.63, 3.8) is 0 Å². The van der Waals surface area contributed by atoms with Crippen molar-refractivity contribution >= 4 is 0 Å². The summed E-state index contributed by atoms with van der Waals surface area (Å²) in [7, 11) is 0. The second kappa shape index (κ2) is 4.38. The highest BCUT2D eigenvalue weighted by molar-refractivity contribution is 5.18. The Bertz CT molecular complexity index is 253. The van der Waals surface area contributed by atoms with E-state index in [-0.39, 0.29) is 12.5 Å². The van der Waals surface area contributed by atoms with Gasteiger partial charge in [0.2, 0.25) is 0 Å². The number of rotatable bonds is 3. The SMILES string of the molecule is Cc1ccc([C@H](CO)C(C)C)cn1. The first-order valence-corrected chi connectivity index (χ1v) is 4.68. The molecule has 2 nitrogen and oxygen atoms in total. The van der Waals surface area contributed by atoms with Gasteiger partial charge in [-0.1, -0.05) is 19.9 Å². The van der Waals surface area contributed by atoms with Gasteiger partial charge >= 0.3 is 0 Å². The Hall–Kier alpha value is -0.890. The smallest absolute Gasteiger partial charge is 0.0502 e. The molecule has 2 heteroatoms. The van der Waals surface area contributed by atoms with Crippen molar-refractivity contribution in [1.29, 1.82) is 0 Å². The largest absolute Gasteiger partial charge is 0.396 e. The van der Waals surface area contributed by atoms with Crippen LogP contribution < -0.4 is 0 Å². The number of aliphatic hydroxyl groups excluding tert-OH is 1. The van der Waals surface area contributed by atoms with Crippen LogP contribution in [0.15, 0.2) is 18.3 Å². The Morgan fingerprint density at radius 1 is 1.38 bits per heavy atom. The van der Waals surface area contributed by atoms with Crippen molar-refractivity contribution in [3.05, 3.63) is 29.6 Å². The van der Waals surface area contributed by atoms with E-state index in [1.54, 1.807) is 0 Å². The molecule has 1 heterocycles. The molecule has 0 aliphatic carbocycles. The Labute approximate surface area is 79.6 Å². The zero-order valence-electron chi connectivity index (χ0n) is 8.49. The van der Waals surface area contributed by atoms with Crippen molar-refractivity contribution in [2.24, 2.45) is 5.92 Å². The summed E-state index contributed by atoms with van der Waals surface area (Å²) >= 11 is 0. The molecule has 0 aliphatic rings. The molecule has 0 saturated carbocycles. The zero-order valence-corrected chi connectivity index (χ0v) is 8.49. The lowest BCUT2D eigenvalue weighted by molar-refractivity contribution is 0.237. The first-order valence-electron chi connectivity index (χ1n) is 4.68. The van der Waals surface area contributed by atoms with Gasteiger partial charge in [-0.3, -0.25) is 4.98 Å². The molecular formula is C11H17NO. The number of pyridine rings is 1. The summed E-state index contributed by atoms with van der Waals surface area (Å²) in [5.41, 5.74) is 2.15. The van der Waals surface area contributed by atoms with E-state index in [4.69, 9.17) is 0 Å². The molecule has 1 aromatic rings. The highest BCUT2D eigenvalue weighted by Crippen LogP contribution is 2.22. The predicted molar refractivity (Wildman–Crippen MR) is 53.6 cm³/mol. The third kappa shape index (κ3) is 2.52. The average molecular weight is 179 g/mol. The van der Waals surface area contributed by atoms with Gasteiger partial charge in [0.05, 0.1) is 6.61 Å². The average Bonchev–Trinajstić information content (AvgIpc) is 2.09. The van der Waals surface area contributed by atoms with Gasteiger partial charge in [-0.05, 0) is 24.5 Å². The molecule has 72 valence electrons. The lowest BCUT2D eigenvalue weighted by Gasteiger charge is -2.18. The van der Waals surface area contributed by atoms with Crippen LogP contribution >= 0.6 is 0 Å². The molecule has 13 heavy (non-hydrogen) atoms. The summed E-state index contributed by atoms with van der Waals surface area (Å²) in [6.45, 7) is 6.39. The fourth-order valence-corrected chi connectivity index (χ4v) is 1.40. The highest BCUT2D eigenvalue weighted by atomic mass is 16.3. The summed E-state index contributed by atoms with van der Waals surface area (Å²) < 4.78 is 0. The van der Waals surface area contributed by atoms with Gasteiger partial charge in [0.1, 0.15) is 0 Å². The zero-order chi connectivity index (χ0) is 9.84. The fourth-order valence-electron chi connectivity index (χ4n) is 1.40. The van der Waals surface area contributed by atoms with Crippen molar-refractivity contribution in [2.75, 3.05) is 6.61 Å². The van der Waals surface area contributed by atoms with Crippen LogP contribution in [0.25, 0.3) is 0 Å². The van der Waals surface area contributed by atoms with Crippen LogP contribution in [0.4, 0.5) is 0 Å². The number of aryl methyl sites for hydroxylation is 1. The van der Waals surface area contributed by atoms with Crippen LogP contribution in [-0.2, 0) is 0 Å². The molecule has 1 rings (SSSR count). The van der Waals surface area contributed by atoms with Crippen LogP contribution in [0.5, 0.6) is 0 Å². The number of hydrogen-bond donors (Lipinski definition) is 1. The van der Waals surface area contributed by atoms with Crippen molar-refractivity contribution in [3.8, 4) is 0 Å². The molecule has 0 bridgehead atoms. The van der Waals surface area contributed by atoms with Crippen LogP contribution in [0, 0.1) is 12.8 Å². The highest BCUT2D eigenvalue weighted by Gasteiger charge is 2.14. The molecule has 1 N–H and O–H groups in total. The van der Waals surface area contributed by atoms with E-state index >= 15 is 0 Å². The molecule has 0 fully saturated rings. The summed E-state index contributed by atoms with van der Waals surface area (Å²) in [4.78, 5) is 4.22. The summed E-state index contributed by atoms with van der Waals surface area (Å²) in [6, 6.07) is 4.03. The van der Waals surface area contributed by atoms with Crippen LogP contribution in [-0.4, -0.2) is 16.7 Å². The minimum absolute atomic E-state index is 0.197. The molecule has 0 spiro atoms. The van der Waals surface area contributed by atoms with E-state index in [0.717, 1.165) is 11.3 Å². The summed E-state index contributed by atoms with van der Waals surface area (Å²) in [5.74, 6) is 0.669. The Morgan fingerprint density at radius 3 is 2.46 bits per heavy atom. The van der Waals surface area contributed by atoms with Crippen molar-refractivity contribution in [1.82, 2.24) is 4.98 Å². The van der Waals surface area contributed by atoms with Gasteiger partial charge < -0.3 is 5.11 Å². The number of aliphatic hydroxyl groups is 1. The number of aromatic nitrogens is 1. The first kappa shape index (κ1) is 10.2. The van der Waals surface area contributed by atoms with Crippen molar-refractivity contribution in [2.45, 2.75) is 26.7 Å². The lowest BCUT2D eigenvalue weighted by atomic mass is 9.90. The fraction of sp³-hybridized carbons (Fsp3) is 0.545. The number of hydrogen-bond acceptors (Lipinski definition) is 2. The quantitative estimate of drug-likeness (QED) is 0.771. The van der Waals surface area contributed by atoms with E-state index in [1.165, 1.54) is 0 Å². The minimum atomic E-state index is 0.197. The van der Waals surface area contributed by atoms with E-state index in [0.29, 0.717) is 5.92 Å². The topological polar surface area (TPSA) is 33.1 Å². The summed E-state index contributed by atoms with van der Waals surface area (Å²) in [6.07, 6.45) is 1.86. The Balaban J connectivity index is 2.86. The predicted octanol–water partition coefficient (Wildman–Crippen LogP) is 2.12. The molecule has 0 aromatic carbocycles. The molecule has 1 aromatic heterocycles. The van der Waals surface area contributed by atoms with Crippen molar-refractivity contribution < 1.29 is 5.11 Å². The van der Waals surface area contributed by atoms with Gasteiger partial charge in [-0.25, -0.2) is 0 Å². The summed E-state index contributed by atoms with van der Waals surface area (Å²) in [5, 5.41) is 9.19. The normalized spacial score (nSPS) is 13.3. The molecule has 0 saturated heterocycles. The Kier molecular flexibility index (Phi) is 3.43. The number of nitrogens with zero attached hydrogens (tertiary/aromatic N) is 1. The molecule has 0 radical (unpaired) electrons. The maximum atomic E-state index is 9.19. The first-order chi connectivity index (χ1) is 6.15. The minimum Gasteiger partial charge on any atom is -0.396 e. The van der Waals surface area contributed by atoms with E-state index < -0.39 is 0 Å². The van der Waals surface area contributed by atoms with E-state index in [1.807, 2.05) is 25.3 Å². The van der Waals surface area contributed by atoms with Crippen LogP contribution in [0.2, 0.25) is 0 Å². The molecule has 1 atom stereocenters. The maximum Gasteiger partial charge on any atom is 0.0502 e. The van der Waals surface area contributed by atoms with Gasteiger partial charge in [0.25, 0.3) is 0 Å². The van der Waals surface area contributed by atoms with Gasteiger partial charge in [-0.15, -0.1) is 0 Å². The standard InChI is InChI=1S/C11H17NO/c1-8(2)11(7-13)10-5-4-9(3)12-6-10/h4-6,8,11,13H,7H2,1-3H3/t11-/m1/s1. The molecule has 0 unspecified atom stereocenters. The second-order valence-corrected chi connectivity index (χ2v) is 3.77. The molecule has 0 aliphatic heterocycles. The lowest BCUT2D eigenvalue weighted by Crippen LogP contribution is -2.11. The third-order valence-corrected chi connectivity index (χ3v) is 2.36.